The summed E-state index contributed by atoms with van der Waals surface area (Å²) in [7, 11) is 3.53. The quantitative estimate of drug-likeness (QED) is 0.787. The van der Waals surface area contributed by atoms with E-state index in [0.717, 1.165) is 35.7 Å². The maximum absolute atomic E-state index is 12.0. The molecule has 1 heterocycles. The fourth-order valence-corrected chi connectivity index (χ4v) is 2.84. The third-order valence-corrected chi connectivity index (χ3v) is 4.28. The van der Waals surface area contributed by atoms with Gasteiger partial charge in [-0.25, -0.2) is 4.79 Å². The summed E-state index contributed by atoms with van der Waals surface area (Å²) in [4.78, 5) is 13.7. The minimum absolute atomic E-state index is 0.0704. The number of anilines is 1. The molecule has 26 heavy (non-hydrogen) atoms. The highest BCUT2D eigenvalue weighted by Crippen LogP contribution is 2.25. The molecule has 138 valence electrons. The Kier molecular flexibility index (Phi) is 5.96. The molecular formula is C20H24N2O4. The minimum Gasteiger partial charge on any atom is -0.497 e. The molecule has 0 aliphatic carbocycles. The highest BCUT2D eigenvalue weighted by atomic mass is 16.6. The van der Waals surface area contributed by atoms with Crippen molar-refractivity contribution in [1.29, 1.82) is 0 Å². The number of cyclic esters (lactones) is 1. The van der Waals surface area contributed by atoms with Crippen molar-refractivity contribution in [3.8, 4) is 11.5 Å². The van der Waals surface area contributed by atoms with Crippen LogP contribution in [0.5, 0.6) is 11.5 Å². The Balaban J connectivity index is 1.57. The fourth-order valence-electron chi connectivity index (χ4n) is 2.84. The molecule has 1 aliphatic heterocycles. The van der Waals surface area contributed by atoms with E-state index in [1.165, 1.54) is 0 Å². The van der Waals surface area contributed by atoms with Gasteiger partial charge in [-0.1, -0.05) is 12.1 Å². The Morgan fingerprint density at radius 2 is 2.00 bits per heavy atom. The molecular weight excluding hydrogens is 332 g/mol. The van der Waals surface area contributed by atoms with Gasteiger partial charge in [0.25, 0.3) is 0 Å². The van der Waals surface area contributed by atoms with Crippen molar-refractivity contribution >= 4 is 11.8 Å². The number of nitrogens with zero attached hydrogens (tertiary/aromatic N) is 1. The standard InChI is InChI=1S/C20H24N2O4/c1-21-11-10-19-13-22(20(23)26-19)16-6-8-17(9-7-16)25-14-15-4-3-5-18(12-15)24-2/h3-9,12,19,21H,10-11,13-14H2,1-2H3. The van der Waals surface area contributed by atoms with Gasteiger partial charge in [0.1, 0.15) is 24.2 Å². The van der Waals surface area contributed by atoms with E-state index in [1.54, 1.807) is 12.0 Å². The number of hydrogen-bond donors (Lipinski definition) is 1. The molecule has 6 nitrogen and oxygen atoms in total. The highest BCUT2D eigenvalue weighted by molar-refractivity contribution is 5.89. The molecule has 1 atom stereocenters. The normalized spacial score (nSPS) is 16.5. The zero-order chi connectivity index (χ0) is 18.4. The van der Waals surface area contributed by atoms with Crippen molar-refractivity contribution in [3.05, 3.63) is 54.1 Å². The Bertz CT molecular complexity index is 733. The first-order chi connectivity index (χ1) is 12.7. The molecule has 0 spiro atoms. The monoisotopic (exact) mass is 356 g/mol. The van der Waals surface area contributed by atoms with Crippen LogP contribution in [0, 0.1) is 0 Å². The molecule has 1 unspecified atom stereocenters. The van der Waals surface area contributed by atoms with Crippen LogP contribution in [0.1, 0.15) is 12.0 Å². The van der Waals surface area contributed by atoms with E-state index in [9.17, 15) is 4.79 Å². The molecule has 1 fully saturated rings. The molecule has 1 N–H and O–H groups in total. The Morgan fingerprint density at radius 1 is 1.19 bits per heavy atom. The van der Waals surface area contributed by atoms with Gasteiger partial charge in [0.15, 0.2) is 0 Å². The van der Waals surface area contributed by atoms with Crippen LogP contribution < -0.4 is 19.7 Å². The predicted octanol–water partition coefficient (Wildman–Crippen LogP) is 3.21. The predicted molar refractivity (Wildman–Crippen MR) is 99.9 cm³/mol. The van der Waals surface area contributed by atoms with Crippen LogP contribution in [0.2, 0.25) is 0 Å². The fraction of sp³-hybridized carbons (Fsp3) is 0.350. The molecule has 0 bridgehead atoms. The van der Waals surface area contributed by atoms with Gasteiger partial charge < -0.3 is 19.5 Å². The van der Waals surface area contributed by atoms with Crippen LogP contribution in [-0.2, 0) is 11.3 Å². The molecule has 1 amide bonds. The zero-order valence-corrected chi connectivity index (χ0v) is 15.1. The van der Waals surface area contributed by atoms with E-state index in [1.807, 2.05) is 55.6 Å². The summed E-state index contributed by atoms with van der Waals surface area (Å²) >= 11 is 0. The molecule has 0 saturated carbocycles. The first-order valence-corrected chi connectivity index (χ1v) is 8.68. The first kappa shape index (κ1) is 18.1. The van der Waals surface area contributed by atoms with E-state index in [2.05, 4.69) is 5.32 Å². The Hall–Kier alpha value is -2.73. The SMILES string of the molecule is CNCCC1CN(c2ccc(OCc3cccc(OC)c3)cc2)C(=O)O1. The maximum Gasteiger partial charge on any atom is 0.414 e. The number of ether oxygens (including phenoxy) is 3. The molecule has 3 rings (SSSR count). The van der Waals surface area contributed by atoms with E-state index in [-0.39, 0.29) is 12.2 Å². The van der Waals surface area contributed by atoms with Crippen molar-refractivity contribution in [3.63, 3.8) is 0 Å². The van der Waals surface area contributed by atoms with Gasteiger partial charge in [-0.05, 0) is 62.0 Å². The van der Waals surface area contributed by atoms with Gasteiger partial charge in [-0.15, -0.1) is 0 Å². The van der Waals surface area contributed by atoms with Gasteiger partial charge in [0, 0.05) is 5.69 Å². The van der Waals surface area contributed by atoms with Crippen molar-refractivity contribution in [2.45, 2.75) is 19.1 Å². The third-order valence-electron chi connectivity index (χ3n) is 4.28. The smallest absolute Gasteiger partial charge is 0.414 e. The van der Waals surface area contributed by atoms with Crippen molar-refractivity contribution in [1.82, 2.24) is 5.32 Å². The minimum atomic E-state index is -0.295. The van der Waals surface area contributed by atoms with Gasteiger partial charge >= 0.3 is 6.09 Å². The largest absolute Gasteiger partial charge is 0.497 e. The lowest BCUT2D eigenvalue weighted by atomic mass is 10.2. The van der Waals surface area contributed by atoms with Crippen LogP contribution in [0.25, 0.3) is 0 Å². The summed E-state index contributed by atoms with van der Waals surface area (Å²) in [6.45, 7) is 1.85. The lowest BCUT2D eigenvalue weighted by molar-refractivity contribution is 0.137. The summed E-state index contributed by atoms with van der Waals surface area (Å²) < 4.78 is 16.4. The lowest BCUT2D eigenvalue weighted by Gasteiger charge is -2.14. The second-order valence-corrected chi connectivity index (χ2v) is 6.14. The number of carbonyl (C=O) groups is 1. The maximum atomic E-state index is 12.0. The van der Waals surface area contributed by atoms with Crippen molar-refractivity contribution in [2.24, 2.45) is 0 Å². The number of methoxy groups -OCH3 is 1. The van der Waals surface area contributed by atoms with Gasteiger partial charge in [0.05, 0.1) is 13.7 Å². The number of amides is 1. The third kappa shape index (κ3) is 4.46. The first-order valence-electron chi connectivity index (χ1n) is 8.68. The van der Waals surface area contributed by atoms with E-state index >= 15 is 0 Å². The Labute approximate surface area is 153 Å². The van der Waals surface area contributed by atoms with E-state index in [0.29, 0.717) is 13.2 Å². The molecule has 2 aromatic rings. The van der Waals surface area contributed by atoms with Gasteiger partial charge in [0.2, 0.25) is 0 Å². The summed E-state index contributed by atoms with van der Waals surface area (Å²) in [6, 6.07) is 15.3. The zero-order valence-electron chi connectivity index (χ0n) is 15.1. The summed E-state index contributed by atoms with van der Waals surface area (Å²) in [5.41, 5.74) is 1.85. The van der Waals surface area contributed by atoms with Crippen LogP contribution in [0.4, 0.5) is 10.5 Å². The average molecular weight is 356 g/mol. The number of carbonyl (C=O) groups excluding carboxylic acids is 1. The number of nitrogens with one attached hydrogen (secondary N) is 1. The van der Waals surface area contributed by atoms with Crippen molar-refractivity contribution < 1.29 is 19.0 Å². The van der Waals surface area contributed by atoms with Crippen LogP contribution in [0.15, 0.2) is 48.5 Å². The van der Waals surface area contributed by atoms with Gasteiger partial charge in [-0.3, -0.25) is 4.90 Å². The summed E-state index contributed by atoms with van der Waals surface area (Å²) in [5.74, 6) is 1.55. The topological polar surface area (TPSA) is 60.0 Å². The van der Waals surface area contributed by atoms with E-state index < -0.39 is 0 Å². The molecule has 2 aromatic carbocycles. The van der Waals surface area contributed by atoms with Crippen LogP contribution in [-0.4, -0.2) is 39.4 Å². The lowest BCUT2D eigenvalue weighted by Crippen LogP contribution is -2.25. The van der Waals surface area contributed by atoms with Crippen LogP contribution >= 0.6 is 0 Å². The second kappa shape index (κ2) is 8.58. The molecule has 1 saturated heterocycles. The number of hydrogen-bond acceptors (Lipinski definition) is 5. The molecule has 6 heteroatoms. The van der Waals surface area contributed by atoms with Gasteiger partial charge in [-0.2, -0.15) is 0 Å². The number of benzene rings is 2. The van der Waals surface area contributed by atoms with Crippen LogP contribution in [0.3, 0.4) is 0 Å². The summed E-state index contributed by atoms with van der Waals surface area (Å²) in [6.07, 6.45) is 0.440. The molecule has 0 aromatic heterocycles. The molecule has 1 aliphatic rings. The van der Waals surface area contributed by atoms with E-state index in [4.69, 9.17) is 14.2 Å². The van der Waals surface area contributed by atoms with Crippen molar-refractivity contribution in [2.75, 3.05) is 32.1 Å². The second-order valence-electron chi connectivity index (χ2n) is 6.14. The molecule has 0 radical (unpaired) electrons. The highest BCUT2D eigenvalue weighted by Gasteiger charge is 2.31. The summed E-state index contributed by atoms with van der Waals surface area (Å²) in [5, 5.41) is 3.07. The Morgan fingerprint density at radius 3 is 2.73 bits per heavy atom. The average Bonchev–Trinajstić information content (AvgIpc) is 3.06. The number of rotatable bonds is 8.